The number of halogens is 3. The Labute approximate surface area is 148 Å². The molecule has 1 heterocycles. The van der Waals surface area contributed by atoms with E-state index in [-0.39, 0.29) is 15.8 Å². The Hall–Kier alpha value is -0.500. The molecule has 0 aliphatic rings. The first-order valence-electron chi connectivity index (χ1n) is 5.99. The van der Waals surface area contributed by atoms with Gasteiger partial charge in [0.2, 0.25) is 10.0 Å². The van der Waals surface area contributed by atoms with Crippen molar-refractivity contribution in [2.45, 2.75) is 11.4 Å². The predicted octanol–water partition coefficient (Wildman–Crippen LogP) is 4.54. The van der Waals surface area contributed by atoms with Gasteiger partial charge in [-0.25, -0.2) is 8.42 Å². The number of hydrogen-bond acceptors (Lipinski definition) is 4. The van der Waals surface area contributed by atoms with Gasteiger partial charge in [0, 0.05) is 24.2 Å². The molecule has 0 radical (unpaired) electrons. The van der Waals surface area contributed by atoms with E-state index in [0.29, 0.717) is 20.7 Å². The van der Waals surface area contributed by atoms with E-state index in [1.54, 1.807) is 18.2 Å². The lowest BCUT2D eigenvalue weighted by molar-refractivity contribution is 0.398. The van der Waals surface area contributed by atoms with Crippen LogP contribution in [0.2, 0.25) is 13.7 Å². The van der Waals surface area contributed by atoms with Crippen LogP contribution in [0.5, 0.6) is 5.75 Å². The van der Waals surface area contributed by atoms with Crippen LogP contribution in [-0.2, 0) is 16.6 Å². The highest BCUT2D eigenvalue weighted by Crippen LogP contribution is 2.36. The molecule has 0 saturated heterocycles. The number of rotatable bonds is 5. The van der Waals surface area contributed by atoms with Crippen molar-refractivity contribution in [2.75, 3.05) is 14.2 Å². The van der Waals surface area contributed by atoms with Gasteiger partial charge >= 0.3 is 0 Å². The van der Waals surface area contributed by atoms with Crippen molar-refractivity contribution in [3.8, 4) is 5.75 Å². The largest absolute Gasteiger partial charge is 0.496 e. The third-order valence-electron chi connectivity index (χ3n) is 2.95. The lowest BCUT2D eigenvalue weighted by Gasteiger charge is -2.18. The summed E-state index contributed by atoms with van der Waals surface area (Å²) in [7, 11) is -0.790. The van der Waals surface area contributed by atoms with Crippen LogP contribution in [0.15, 0.2) is 29.2 Å². The van der Waals surface area contributed by atoms with Crippen LogP contribution in [0.1, 0.15) is 5.56 Å². The quantitative estimate of drug-likeness (QED) is 0.740. The van der Waals surface area contributed by atoms with Crippen LogP contribution < -0.4 is 4.74 Å². The Morgan fingerprint density at radius 2 is 1.91 bits per heavy atom. The molecular formula is C13H12Cl3NO3S2. The second-order valence-electron chi connectivity index (χ2n) is 4.41. The second-order valence-corrected chi connectivity index (χ2v) is 9.14. The molecule has 0 fully saturated rings. The monoisotopic (exact) mass is 399 g/mol. The molecule has 0 unspecified atom stereocenters. The van der Waals surface area contributed by atoms with Crippen LogP contribution in [0.25, 0.3) is 0 Å². The second kappa shape index (κ2) is 6.95. The molecule has 0 N–H and O–H groups in total. The molecule has 2 aromatic rings. The lowest BCUT2D eigenvalue weighted by atomic mass is 10.2. The smallest absolute Gasteiger partial charge is 0.245 e. The Morgan fingerprint density at radius 3 is 2.45 bits per heavy atom. The summed E-state index contributed by atoms with van der Waals surface area (Å²) in [6, 6.07) is 6.37. The third kappa shape index (κ3) is 3.69. The molecule has 0 spiro atoms. The van der Waals surface area contributed by atoms with E-state index in [1.807, 2.05) is 0 Å². The molecule has 0 saturated carbocycles. The normalized spacial score (nSPS) is 11.9. The highest BCUT2D eigenvalue weighted by molar-refractivity contribution is 7.89. The molecule has 1 aromatic carbocycles. The summed E-state index contributed by atoms with van der Waals surface area (Å²) in [5.41, 5.74) is 0.651. The zero-order valence-electron chi connectivity index (χ0n) is 11.6. The van der Waals surface area contributed by atoms with Crippen LogP contribution in [-0.4, -0.2) is 26.9 Å². The van der Waals surface area contributed by atoms with Gasteiger partial charge in [0.15, 0.2) is 0 Å². The Kier molecular flexibility index (Phi) is 5.63. The Bertz CT molecular complexity index is 790. The zero-order chi connectivity index (χ0) is 16.5. The maximum absolute atomic E-state index is 12.6. The minimum atomic E-state index is -3.76. The summed E-state index contributed by atoms with van der Waals surface area (Å²) in [5, 5.41) is 0.498. The van der Waals surface area contributed by atoms with Crippen LogP contribution in [0, 0.1) is 0 Å². The summed E-state index contributed by atoms with van der Waals surface area (Å²) in [6.07, 6.45) is 0. The number of ether oxygens (including phenoxy) is 1. The van der Waals surface area contributed by atoms with Crippen molar-refractivity contribution in [3.63, 3.8) is 0 Å². The van der Waals surface area contributed by atoms with Crippen molar-refractivity contribution in [3.05, 3.63) is 43.5 Å². The molecule has 0 amide bonds. The summed E-state index contributed by atoms with van der Waals surface area (Å²) >= 11 is 18.7. The molecule has 0 aliphatic carbocycles. The van der Waals surface area contributed by atoms with Crippen LogP contribution in [0.4, 0.5) is 0 Å². The number of methoxy groups -OCH3 is 1. The van der Waals surface area contributed by atoms with Crippen molar-refractivity contribution >= 4 is 56.2 Å². The summed E-state index contributed by atoms with van der Waals surface area (Å²) < 4.78 is 32.0. The van der Waals surface area contributed by atoms with Crippen molar-refractivity contribution in [2.24, 2.45) is 0 Å². The van der Waals surface area contributed by atoms with Crippen molar-refractivity contribution in [1.82, 2.24) is 4.31 Å². The number of benzene rings is 1. The number of nitrogens with zero attached hydrogens (tertiary/aromatic N) is 1. The minimum Gasteiger partial charge on any atom is -0.496 e. The average Bonchev–Trinajstić information content (AvgIpc) is 2.78. The van der Waals surface area contributed by atoms with E-state index in [0.717, 1.165) is 11.3 Å². The summed E-state index contributed by atoms with van der Waals surface area (Å²) in [5.74, 6) is 0.556. The Balaban J connectivity index is 2.34. The molecule has 1 aromatic heterocycles. The molecule has 0 atom stereocenters. The standard InChI is InChI=1S/C13H12Cl3NO3S2/c1-17(7-8-5-9(14)3-4-10(8)20-2)22(18,19)11-6-12(15)21-13(11)16/h3-6H,7H2,1-2H3. The topological polar surface area (TPSA) is 46.6 Å². The zero-order valence-corrected chi connectivity index (χ0v) is 15.5. The fourth-order valence-corrected chi connectivity index (χ4v) is 5.32. The van der Waals surface area contributed by atoms with Gasteiger partial charge in [0.05, 0.1) is 11.4 Å². The van der Waals surface area contributed by atoms with Crippen LogP contribution in [0.3, 0.4) is 0 Å². The first-order valence-corrected chi connectivity index (χ1v) is 9.38. The van der Waals surface area contributed by atoms with E-state index in [1.165, 1.54) is 24.5 Å². The number of thiophene rings is 1. The first-order chi connectivity index (χ1) is 10.3. The third-order valence-corrected chi connectivity index (χ3v) is 6.74. The maximum atomic E-state index is 12.6. The molecule has 0 aliphatic heterocycles. The minimum absolute atomic E-state index is 0.00679. The van der Waals surface area contributed by atoms with E-state index in [4.69, 9.17) is 39.5 Å². The fraction of sp³-hybridized carbons (Fsp3) is 0.231. The van der Waals surface area contributed by atoms with E-state index in [9.17, 15) is 8.42 Å². The SMILES string of the molecule is COc1ccc(Cl)cc1CN(C)S(=O)(=O)c1cc(Cl)sc1Cl. The van der Waals surface area contributed by atoms with Gasteiger partial charge in [0.25, 0.3) is 0 Å². The molecule has 120 valence electrons. The lowest BCUT2D eigenvalue weighted by Crippen LogP contribution is -2.26. The number of hydrogen-bond donors (Lipinski definition) is 0. The highest BCUT2D eigenvalue weighted by Gasteiger charge is 2.26. The number of sulfonamides is 1. The van der Waals surface area contributed by atoms with Gasteiger partial charge in [-0.15, -0.1) is 11.3 Å². The van der Waals surface area contributed by atoms with Crippen molar-refractivity contribution in [1.29, 1.82) is 0 Å². The highest BCUT2D eigenvalue weighted by atomic mass is 35.5. The molecule has 9 heteroatoms. The van der Waals surface area contributed by atoms with Gasteiger partial charge in [0.1, 0.15) is 15.0 Å². The molecule has 22 heavy (non-hydrogen) atoms. The van der Waals surface area contributed by atoms with E-state index in [2.05, 4.69) is 0 Å². The maximum Gasteiger partial charge on any atom is 0.245 e. The molecular weight excluding hydrogens is 389 g/mol. The van der Waals surface area contributed by atoms with E-state index >= 15 is 0 Å². The predicted molar refractivity (Wildman–Crippen MR) is 91.0 cm³/mol. The van der Waals surface area contributed by atoms with Crippen molar-refractivity contribution < 1.29 is 13.2 Å². The molecule has 0 bridgehead atoms. The Morgan fingerprint density at radius 1 is 1.23 bits per heavy atom. The van der Waals surface area contributed by atoms with Gasteiger partial charge in [-0.05, 0) is 24.3 Å². The first kappa shape index (κ1) is 17.8. The summed E-state index contributed by atoms with van der Waals surface area (Å²) in [6.45, 7) is 0.0931. The molecule has 4 nitrogen and oxygen atoms in total. The van der Waals surface area contributed by atoms with E-state index < -0.39 is 10.0 Å². The summed E-state index contributed by atoms with van der Waals surface area (Å²) in [4.78, 5) is -0.00679. The molecule has 2 rings (SSSR count). The van der Waals surface area contributed by atoms with Gasteiger partial charge in [-0.3, -0.25) is 0 Å². The van der Waals surface area contributed by atoms with Gasteiger partial charge in [-0.1, -0.05) is 34.8 Å². The van der Waals surface area contributed by atoms with Gasteiger partial charge < -0.3 is 4.74 Å². The average molecular weight is 401 g/mol. The fourth-order valence-electron chi connectivity index (χ4n) is 1.86. The van der Waals surface area contributed by atoms with Crippen LogP contribution >= 0.6 is 46.1 Å². The van der Waals surface area contributed by atoms with Gasteiger partial charge in [-0.2, -0.15) is 4.31 Å².